The maximum absolute atomic E-state index is 8.74. The van der Waals surface area contributed by atoms with Crippen molar-refractivity contribution in [2.75, 3.05) is 0 Å². The molecular formula is C9H14ClNO4S. The molecule has 0 aliphatic heterocycles. The van der Waals surface area contributed by atoms with Crippen molar-refractivity contribution in [2.45, 2.75) is 18.4 Å². The van der Waals surface area contributed by atoms with Crippen LogP contribution in [0, 0.1) is 0 Å². The topological polar surface area (TPSA) is 101 Å². The molecule has 0 amide bonds. The number of hydrogen-bond donors (Lipinski definition) is 3. The predicted molar refractivity (Wildman–Crippen MR) is 63.2 cm³/mol. The van der Waals surface area contributed by atoms with Crippen LogP contribution in [0.15, 0.2) is 30.3 Å². The van der Waals surface area contributed by atoms with Crippen molar-refractivity contribution in [1.82, 2.24) is 0 Å². The van der Waals surface area contributed by atoms with E-state index in [-0.39, 0.29) is 12.4 Å². The maximum Gasteiger partial charge on any atom is 0.394 e. The van der Waals surface area contributed by atoms with Gasteiger partial charge in [0.25, 0.3) is 0 Å². The van der Waals surface area contributed by atoms with E-state index in [4.69, 9.17) is 23.3 Å². The van der Waals surface area contributed by atoms with E-state index in [1.54, 1.807) is 0 Å². The van der Waals surface area contributed by atoms with Crippen molar-refractivity contribution in [1.29, 1.82) is 0 Å². The molecule has 1 aromatic rings. The van der Waals surface area contributed by atoms with Gasteiger partial charge in [0.1, 0.15) is 0 Å². The summed E-state index contributed by atoms with van der Waals surface area (Å²) in [6, 6.07) is 10.9. The first-order valence-electron chi connectivity index (χ1n) is 4.38. The monoisotopic (exact) mass is 267 g/mol. The number of nitrogens with two attached hydrogens (primary N) is 1. The second kappa shape index (κ2) is 6.17. The molecule has 2 atom stereocenters. The summed E-state index contributed by atoms with van der Waals surface area (Å²) < 4.78 is 31.6. The Kier molecular flexibility index (Phi) is 5.91. The minimum Gasteiger partial charge on any atom is -0.327 e. The molecule has 0 unspecified atom stereocenters. The van der Waals surface area contributed by atoms with Crippen LogP contribution < -0.4 is 5.73 Å². The third-order valence-corrected chi connectivity index (χ3v) is 2.07. The lowest BCUT2D eigenvalue weighted by molar-refractivity contribution is 0.381. The van der Waals surface area contributed by atoms with Crippen molar-refractivity contribution >= 4 is 22.8 Å². The van der Waals surface area contributed by atoms with Gasteiger partial charge in [0.2, 0.25) is 0 Å². The lowest BCUT2D eigenvalue weighted by atomic mass is 10.1. The second-order valence-corrected chi connectivity index (χ2v) is 4.26. The first-order valence-corrected chi connectivity index (χ1v) is 5.78. The summed E-state index contributed by atoms with van der Waals surface area (Å²) in [5, 5.41) is 0. The van der Waals surface area contributed by atoms with Crippen molar-refractivity contribution in [3.63, 3.8) is 0 Å². The normalized spacial score (nSPS) is 22.4. The van der Waals surface area contributed by atoms with Crippen molar-refractivity contribution < 1.29 is 17.5 Å². The maximum atomic E-state index is 8.74. The molecule has 0 heterocycles. The summed E-state index contributed by atoms with van der Waals surface area (Å²) in [6.07, 6.45) is 1.17. The summed E-state index contributed by atoms with van der Waals surface area (Å²) >= 11 is 0. The second-order valence-electron chi connectivity index (χ2n) is 3.36. The average Bonchev–Trinajstić information content (AvgIpc) is 2.81. The zero-order valence-corrected chi connectivity index (χ0v) is 9.99. The van der Waals surface area contributed by atoms with E-state index < -0.39 is 10.4 Å². The van der Waals surface area contributed by atoms with E-state index in [1.165, 1.54) is 12.0 Å². The summed E-state index contributed by atoms with van der Waals surface area (Å²) in [4.78, 5) is 0. The number of rotatable bonds is 1. The largest absolute Gasteiger partial charge is 0.394 e. The van der Waals surface area contributed by atoms with Crippen LogP contribution in [0.5, 0.6) is 0 Å². The third kappa shape index (κ3) is 6.76. The smallest absolute Gasteiger partial charge is 0.327 e. The van der Waals surface area contributed by atoms with Gasteiger partial charge in [-0.3, -0.25) is 9.11 Å². The van der Waals surface area contributed by atoms with Gasteiger partial charge in [-0.15, -0.1) is 12.4 Å². The Morgan fingerprint density at radius 3 is 1.88 bits per heavy atom. The minimum atomic E-state index is -4.67. The number of halogens is 1. The van der Waals surface area contributed by atoms with Crippen LogP contribution in [0.1, 0.15) is 17.9 Å². The fourth-order valence-electron chi connectivity index (χ4n) is 1.30. The Hall–Kier alpha value is -0.660. The summed E-state index contributed by atoms with van der Waals surface area (Å²) in [5.41, 5.74) is 7.10. The standard InChI is InChI=1S/C9H11N.ClH.H2O4S/c10-9-6-8(9)7-4-2-1-3-5-7;;1-5(2,3)4/h1-5,8-9H,6,10H2;1H;(H2,1,2,3,4)/t8-,9+;;/m1../s1. The van der Waals surface area contributed by atoms with Gasteiger partial charge in [-0.2, -0.15) is 8.42 Å². The third-order valence-electron chi connectivity index (χ3n) is 2.07. The molecule has 0 saturated heterocycles. The van der Waals surface area contributed by atoms with Gasteiger partial charge in [0.15, 0.2) is 0 Å². The number of hydrogen-bond acceptors (Lipinski definition) is 3. The molecule has 92 valence electrons. The van der Waals surface area contributed by atoms with Crippen LogP contribution in [0.4, 0.5) is 0 Å². The van der Waals surface area contributed by atoms with Gasteiger partial charge in [0.05, 0.1) is 0 Å². The Bertz CT molecular complexity index is 401. The quantitative estimate of drug-likeness (QED) is 0.665. The molecule has 1 fully saturated rings. The molecule has 1 aliphatic rings. The van der Waals surface area contributed by atoms with Gasteiger partial charge in [0, 0.05) is 12.0 Å². The zero-order valence-electron chi connectivity index (χ0n) is 8.35. The summed E-state index contributed by atoms with van der Waals surface area (Å²) in [5.74, 6) is 0.654. The minimum absolute atomic E-state index is 0. The van der Waals surface area contributed by atoms with E-state index in [1.807, 2.05) is 6.07 Å². The van der Waals surface area contributed by atoms with Gasteiger partial charge in [-0.1, -0.05) is 30.3 Å². The molecule has 2 rings (SSSR count). The Balaban J connectivity index is 0.000000330. The van der Waals surface area contributed by atoms with Crippen LogP contribution in [0.25, 0.3) is 0 Å². The molecule has 7 heteroatoms. The zero-order chi connectivity index (χ0) is 11.5. The fourth-order valence-corrected chi connectivity index (χ4v) is 1.30. The van der Waals surface area contributed by atoms with Crippen molar-refractivity contribution in [3.8, 4) is 0 Å². The summed E-state index contributed by atoms with van der Waals surface area (Å²) in [6.45, 7) is 0. The van der Waals surface area contributed by atoms with Crippen LogP contribution >= 0.6 is 12.4 Å². The molecule has 1 aromatic carbocycles. The fraction of sp³-hybridized carbons (Fsp3) is 0.333. The lowest BCUT2D eigenvalue weighted by Crippen LogP contribution is -2.00. The Morgan fingerprint density at radius 1 is 1.19 bits per heavy atom. The Morgan fingerprint density at radius 2 is 1.56 bits per heavy atom. The number of benzene rings is 1. The average molecular weight is 268 g/mol. The first-order chi connectivity index (χ1) is 6.88. The van der Waals surface area contributed by atoms with Crippen LogP contribution in [0.3, 0.4) is 0 Å². The molecule has 1 aliphatic carbocycles. The van der Waals surface area contributed by atoms with E-state index in [0.29, 0.717) is 12.0 Å². The molecule has 0 bridgehead atoms. The van der Waals surface area contributed by atoms with E-state index in [2.05, 4.69) is 24.3 Å². The van der Waals surface area contributed by atoms with Crippen LogP contribution in [-0.4, -0.2) is 23.6 Å². The van der Waals surface area contributed by atoms with E-state index in [0.717, 1.165) is 0 Å². The van der Waals surface area contributed by atoms with Crippen molar-refractivity contribution in [2.24, 2.45) is 5.73 Å². The molecule has 16 heavy (non-hydrogen) atoms. The van der Waals surface area contributed by atoms with Gasteiger partial charge < -0.3 is 5.73 Å². The highest BCUT2D eigenvalue weighted by atomic mass is 35.5. The van der Waals surface area contributed by atoms with Gasteiger partial charge in [-0.25, -0.2) is 0 Å². The lowest BCUT2D eigenvalue weighted by Gasteiger charge is -1.94. The first kappa shape index (κ1) is 15.3. The van der Waals surface area contributed by atoms with Crippen LogP contribution in [-0.2, 0) is 10.4 Å². The molecule has 0 aromatic heterocycles. The van der Waals surface area contributed by atoms with E-state index >= 15 is 0 Å². The van der Waals surface area contributed by atoms with Gasteiger partial charge in [-0.05, 0) is 12.0 Å². The van der Waals surface area contributed by atoms with Crippen molar-refractivity contribution in [3.05, 3.63) is 35.9 Å². The molecule has 0 radical (unpaired) electrons. The molecular weight excluding hydrogens is 254 g/mol. The molecule has 5 nitrogen and oxygen atoms in total. The molecule has 0 spiro atoms. The predicted octanol–water partition coefficient (Wildman–Crippen LogP) is 1.27. The highest BCUT2D eigenvalue weighted by Gasteiger charge is 2.34. The Labute approximate surface area is 101 Å². The van der Waals surface area contributed by atoms with Crippen LogP contribution in [0.2, 0.25) is 0 Å². The van der Waals surface area contributed by atoms with Gasteiger partial charge >= 0.3 is 10.4 Å². The summed E-state index contributed by atoms with van der Waals surface area (Å²) in [7, 11) is -4.67. The SMILES string of the molecule is Cl.N[C@H]1C[C@@H]1c1ccccc1.O=S(=O)(O)O. The van der Waals surface area contributed by atoms with E-state index in [9.17, 15) is 0 Å². The molecule has 1 saturated carbocycles. The molecule has 4 N–H and O–H groups in total. The highest BCUT2D eigenvalue weighted by molar-refractivity contribution is 7.79. The highest BCUT2D eigenvalue weighted by Crippen LogP contribution is 2.38.